The summed E-state index contributed by atoms with van der Waals surface area (Å²) in [4.78, 5) is 26.1. The highest BCUT2D eigenvalue weighted by molar-refractivity contribution is 7.89. The Hall–Kier alpha value is -3.01. The normalized spacial score (nSPS) is 11.7. The smallest absolute Gasteiger partial charge is 0.255 e. The molecule has 180 valence electrons. The number of carbonyl (C=O) groups excluding carboxylic acids is 2. The van der Waals surface area contributed by atoms with Crippen molar-refractivity contribution in [3.8, 4) is 0 Å². The van der Waals surface area contributed by atoms with Gasteiger partial charge in [-0.25, -0.2) is 13.1 Å². The van der Waals surface area contributed by atoms with Crippen LogP contribution in [-0.4, -0.2) is 32.3 Å². The first-order valence-electron chi connectivity index (χ1n) is 11.0. The topological polar surface area (TPSA) is 104 Å². The fourth-order valence-corrected chi connectivity index (χ4v) is 4.75. The second-order valence-corrected chi connectivity index (χ2v) is 11.3. The molecule has 3 rings (SSSR count). The van der Waals surface area contributed by atoms with E-state index in [9.17, 15) is 18.0 Å². The van der Waals surface area contributed by atoms with Crippen LogP contribution in [0.4, 0.5) is 5.69 Å². The molecule has 0 saturated heterocycles. The monoisotopic (exact) mass is 499 g/mol. The van der Waals surface area contributed by atoms with Crippen LogP contribution in [0.1, 0.15) is 52.8 Å². The third-order valence-corrected chi connectivity index (χ3v) is 7.82. The van der Waals surface area contributed by atoms with E-state index in [0.29, 0.717) is 29.8 Å². The van der Waals surface area contributed by atoms with Crippen LogP contribution < -0.4 is 15.4 Å². The van der Waals surface area contributed by atoms with Crippen molar-refractivity contribution in [1.29, 1.82) is 0 Å². The van der Waals surface area contributed by atoms with Gasteiger partial charge in [-0.15, -0.1) is 11.3 Å². The minimum absolute atomic E-state index is 0.0978. The zero-order chi connectivity index (χ0) is 24.8. The molecule has 0 aliphatic carbocycles. The van der Waals surface area contributed by atoms with Crippen molar-refractivity contribution >= 4 is 38.9 Å². The SMILES string of the molecule is CCC(C)(C)NC(=O)c1ccc(NC(=O)c2ccc(S(=O)(=O)NCCc3cccs3)cc2)cc1. The summed E-state index contributed by atoms with van der Waals surface area (Å²) in [7, 11) is -3.66. The number of nitrogens with one attached hydrogen (secondary N) is 3. The summed E-state index contributed by atoms with van der Waals surface area (Å²) in [6.07, 6.45) is 1.42. The first-order valence-corrected chi connectivity index (χ1v) is 13.3. The van der Waals surface area contributed by atoms with Gasteiger partial charge in [0.1, 0.15) is 0 Å². The molecule has 2 amide bonds. The number of benzene rings is 2. The third-order valence-electron chi connectivity index (χ3n) is 5.41. The van der Waals surface area contributed by atoms with Crippen LogP contribution in [0.2, 0.25) is 0 Å². The molecule has 3 N–H and O–H groups in total. The molecule has 3 aromatic rings. The molecule has 2 aromatic carbocycles. The molecule has 0 spiro atoms. The maximum Gasteiger partial charge on any atom is 0.255 e. The first kappa shape index (κ1) is 25.6. The first-order chi connectivity index (χ1) is 16.1. The van der Waals surface area contributed by atoms with Crippen molar-refractivity contribution in [3.05, 3.63) is 82.0 Å². The molecule has 0 bridgehead atoms. The maximum atomic E-state index is 12.6. The lowest BCUT2D eigenvalue weighted by atomic mass is 10.0. The number of rotatable bonds is 10. The Kier molecular flexibility index (Phi) is 8.24. The van der Waals surface area contributed by atoms with Gasteiger partial charge in [-0.05, 0) is 86.7 Å². The van der Waals surface area contributed by atoms with Gasteiger partial charge in [0.15, 0.2) is 0 Å². The summed E-state index contributed by atoms with van der Waals surface area (Å²) in [6, 6.07) is 16.2. The van der Waals surface area contributed by atoms with E-state index in [4.69, 9.17) is 0 Å². The van der Waals surface area contributed by atoms with Gasteiger partial charge >= 0.3 is 0 Å². The molecule has 0 unspecified atom stereocenters. The molecule has 0 saturated carbocycles. The molecule has 0 fully saturated rings. The van der Waals surface area contributed by atoms with E-state index in [2.05, 4.69) is 15.4 Å². The fraction of sp³-hybridized carbons (Fsp3) is 0.280. The second kappa shape index (κ2) is 10.9. The number of carbonyl (C=O) groups is 2. The Morgan fingerprint density at radius 2 is 1.53 bits per heavy atom. The fourth-order valence-electron chi connectivity index (χ4n) is 3.01. The van der Waals surface area contributed by atoms with Crippen LogP contribution in [0.15, 0.2) is 70.9 Å². The molecule has 0 radical (unpaired) electrons. The van der Waals surface area contributed by atoms with Crippen molar-refractivity contribution in [2.24, 2.45) is 0 Å². The summed E-state index contributed by atoms with van der Waals surface area (Å²) in [6.45, 7) is 6.22. The van der Waals surface area contributed by atoms with Gasteiger partial charge in [0.25, 0.3) is 11.8 Å². The van der Waals surface area contributed by atoms with E-state index in [1.54, 1.807) is 35.6 Å². The standard InChI is InChI=1S/C25H29N3O4S2/c1-4-25(2,3)28-24(30)19-7-11-20(12-8-19)27-23(29)18-9-13-22(14-10-18)34(31,32)26-16-15-21-6-5-17-33-21/h5-14,17,26H,4,15-16H2,1-3H3,(H,27,29)(H,28,30). The molecule has 9 heteroatoms. The maximum absolute atomic E-state index is 12.6. The Balaban J connectivity index is 1.57. The third kappa shape index (κ3) is 6.99. The summed E-state index contributed by atoms with van der Waals surface area (Å²) >= 11 is 1.58. The number of anilines is 1. The van der Waals surface area contributed by atoms with Gasteiger partial charge < -0.3 is 10.6 Å². The molecule has 0 atom stereocenters. The van der Waals surface area contributed by atoms with E-state index in [1.807, 2.05) is 38.3 Å². The predicted molar refractivity (Wildman–Crippen MR) is 136 cm³/mol. The lowest BCUT2D eigenvalue weighted by Crippen LogP contribution is -2.42. The van der Waals surface area contributed by atoms with Crippen LogP contribution >= 0.6 is 11.3 Å². The Bertz CT molecular complexity index is 1220. The van der Waals surface area contributed by atoms with Crippen molar-refractivity contribution in [2.45, 2.75) is 44.0 Å². The van der Waals surface area contributed by atoms with Gasteiger partial charge in [0, 0.05) is 33.8 Å². The van der Waals surface area contributed by atoms with Crippen LogP contribution in [0.3, 0.4) is 0 Å². The second-order valence-electron chi connectivity index (χ2n) is 8.47. The number of thiophene rings is 1. The lowest BCUT2D eigenvalue weighted by Gasteiger charge is -2.24. The van der Waals surface area contributed by atoms with Gasteiger partial charge in [-0.3, -0.25) is 9.59 Å². The Morgan fingerprint density at radius 3 is 2.12 bits per heavy atom. The summed E-state index contributed by atoms with van der Waals surface area (Å²) in [5, 5.41) is 7.67. The Labute approximate surface area is 204 Å². The molecule has 34 heavy (non-hydrogen) atoms. The highest BCUT2D eigenvalue weighted by atomic mass is 32.2. The van der Waals surface area contributed by atoms with Crippen molar-refractivity contribution in [1.82, 2.24) is 10.0 Å². The molecular formula is C25H29N3O4S2. The van der Waals surface area contributed by atoms with Crippen molar-refractivity contribution < 1.29 is 18.0 Å². The average molecular weight is 500 g/mol. The van der Waals surface area contributed by atoms with Gasteiger partial charge in [-0.2, -0.15) is 0 Å². The highest BCUT2D eigenvalue weighted by Gasteiger charge is 2.19. The van der Waals surface area contributed by atoms with Crippen LogP contribution in [0.25, 0.3) is 0 Å². The number of hydrogen-bond acceptors (Lipinski definition) is 5. The average Bonchev–Trinajstić information content (AvgIpc) is 3.33. The predicted octanol–water partition coefficient (Wildman–Crippen LogP) is 4.44. The van der Waals surface area contributed by atoms with Gasteiger partial charge in [0.2, 0.25) is 10.0 Å². The van der Waals surface area contributed by atoms with E-state index in [0.717, 1.165) is 11.3 Å². The minimum Gasteiger partial charge on any atom is -0.347 e. The lowest BCUT2D eigenvalue weighted by molar-refractivity contribution is 0.0910. The quantitative estimate of drug-likeness (QED) is 0.384. The molecule has 1 heterocycles. The van der Waals surface area contributed by atoms with Crippen LogP contribution in [-0.2, 0) is 16.4 Å². The zero-order valence-electron chi connectivity index (χ0n) is 19.4. The molecule has 0 aliphatic heterocycles. The van der Waals surface area contributed by atoms with E-state index in [1.165, 1.54) is 24.3 Å². The van der Waals surface area contributed by atoms with E-state index >= 15 is 0 Å². The summed E-state index contributed by atoms with van der Waals surface area (Å²) in [5.74, 6) is -0.551. The van der Waals surface area contributed by atoms with Gasteiger partial charge in [-0.1, -0.05) is 13.0 Å². The van der Waals surface area contributed by atoms with E-state index < -0.39 is 10.0 Å². The number of hydrogen-bond donors (Lipinski definition) is 3. The van der Waals surface area contributed by atoms with Crippen molar-refractivity contribution in [3.63, 3.8) is 0 Å². The van der Waals surface area contributed by atoms with E-state index in [-0.39, 0.29) is 22.2 Å². The molecule has 7 nitrogen and oxygen atoms in total. The van der Waals surface area contributed by atoms with Gasteiger partial charge in [0.05, 0.1) is 4.90 Å². The zero-order valence-corrected chi connectivity index (χ0v) is 21.1. The molecule has 1 aromatic heterocycles. The summed E-state index contributed by atoms with van der Waals surface area (Å²) in [5.41, 5.74) is 1.05. The van der Waals surface area contributed by atoms with Crippen molar-refractivity contribution in [2.75, 3.05) is 11.9 Å². The van der Waals surface area contributed by atoms with Crippen LogP contribution in [0.5, 0.6) is 0 Å². The van der Waals surface area contributed by atoms with Crippen LogP contribution in [0, 0.1) is 0 Å². The Morgan fingerprint density at radius 1 is 0.912 bits per heavy atom. The number of sulfonamides is 1. The highest BCUT2D eigenvalue weighted by Crippen LogP contribution is 2.16. The largest absolute Gasteiger partial charge is 0.347 e. The molecule has 0 aliphatic rings. The summed E-state index contributed by atoms with van der Waals surface area (Å²) < 4.78 is 27.5. The molecular weight excluding hydrogens is 470 g/mol. The minimum atomic E-state index is -3.66. The number of amides is 2.